The number of carboxylic acid groups (broad SMARTS) is 1. The van der Waals surface area contributed by atoms with E-state index in [1.165, 1.54) is 17.3 Å². The number of amides is 1. The highest BCUT2D eigenvalue weighted by atomic mass is 16.4. The van der Waals surface area contributed by atoms with Gasteiger partial charge in [0.2, 0.25) is 0 Å². The first-order valence-electron chi connectivity index (χ1n) is 5.87. The summed E-state index contributed by atoms with van der Waals surface area (Å²) in [7, 11) is 0. The minimum Gasteiger partial charge on any atom is -0.465 e. The Morgan fingerprint density at radius 2 is 2.06 bits per heavy atom. The molecule has 1 amide bonds. The molecule has 6 nitrogen and oxygen atoms in total. The van der Waals surface area contributed by atoms with Crippen LogP contribution in [-0.2, 0) is 0 Å². The number of aromatic nitrogens is 2. The van der Waals surface area contributed by atoms with Gasteiger partial charge in [0.1, 0.15) is 5.82 Å². The molecule has 0 aliphatic rings. The summed E-state index contributed by atoms with van der Waals surface area (Å²) in [6.07, 6.45) is 2.64. The van der Waals surface area contributed by atoms with Gasteiger partial charge in [0.25, 0.3) is 0 Å². The van der Waals surface area contributed by atoms with Crippen LogP contribution in [-0.4, -0.2) is 31.6 Å². The van der Waals surface area contributed by atoms with Gasteiger partial charge in [-0.3, -0.25) is 9.88 Å². The molecule has 100 valence electrons. The van der Waals surface area contributed by atoms with Gasteiger partial charge < -0.3 is 10.8 Å². The van der Waals surface area contributed by atoms with Crippen molar-refractivity contribution in [1.29, 1.82) is 0 Å². The smallest absolute Gasteiger partial charge is 0.408 e. The zero-order valence-electron chi connectivity index (χ0n) is 11.2. The van der Waals surface area contributed by atoms with Gasteiger partial charge in [-0.2, -0.15) is 0 Å². The molecule has 0 aliphatic heterocycles. The van der Waals surface area contributed by atoms with Crippen molar-refractivity contribution in [1.82, 2.24) is 14.9 Å². The second kappa shape index (κ2) is 5.20. The maximum atomic E-state index is 11.4. The van der Waals surface area contributed by atoms with Crippen LogP contribution in [0.4, 0.5) is 10.6 Å². The molecule has 6 heteroatoms. The first kappa shape index (κ1) is 14.2. The molecule has 1 rings (SSSR count). The molecular formula is C12H20N4O2. The van der Waals surface area contributed by atoms with E-state index in [-0.39, 0.29) is 6.04 Å². The second-order valence-corrected chi connectivity index (χ2v) is 5.11. The van der Waals surface area contributed by atoms with E-state index in [9.17, 15) is 9.90 Å². The third-order valence-corrected chi connectivity index (χ3v) is 2.66. The molecule has 0 fully saturated rings. The lowest BCUT2D eigenvalue weighted by atomic mass is 10.0. The fourth-order valence-electron chi connectivity index (χ4n) is 1.93. The van der Waals surface area contributed by atoms with Gasteiger partial charge in [-0.15, -0.1) is 0 Å². The van der Waals surface area contributed by atoms with E-state index >= 15 is 0 Å². The molecule has 0 bridgehead atoms. The normalized spacial score (nSPS) is 13.1. The molecule has 0 radical (unpaired) electrons. The van der Waals surface area contributed by atoms with Crippen LogP contribution in [0.3, 0.4) is 0 Å². The third-order valence-electron chi connectivity index (χ3n) is 2.66. The van der Waals surface area contributed by atoms with Crippen LogP contribution in [0.2, 0.25) is 0 Å². The number of nitrogen functional groups attached to an aromatic ring is 1. The lowest BCUT2D eigenvalue weighted by molar-refractivity contribution is 0.0668. The van der Waals surface area contributed by atoms with Crippen molar-refractivity contribution in [3.8, 4) is 0 Å². The number of hydrogen-bond donors (Lipinski definition) is 2. The summed E-state index contributed by atoms with van der Waals surface area (Å²) < 4.78 is 0. The number of anilines is 1. The van der Waals surface area contributed by atoms with Crippen LogP contribution in [0, 0.1) is 0 Å². The average molecular weight is 252 g/mol. The summed E-state index contributed by atoms with van der Waals surface area (Å²) in [5.41, 5.74) is 5.60. The Kier molecular flexibility index (Phi) is 4.11. The number of rotatable bonds is 3. The SMILES string of the molecule is CC[C@H](c1cnc(N)cn1)N(C(=O)O)C(C)(C)C. The minimum atomic E-state index is -0.965. The molecule has 0 aromatic carbocycles. The van der Waals surface area contributed by atoms with Crippen molar-refractivity contribution in [3.63, 3.8) is 0 Å². The Labute approximate surface area is 107 Å². The van der Waals surface area contributed by atoms with Crippen molar-refractivity contribution in [2.75, 3.05) is 5.73 Å². The lowest BCUT2D eigenvalue weighted by Crippen LogP contribution is -2.47. The van der Waals surface area contributed by atoms with Crippen LogP contribution in [0.5, 0.6) is 0 Å². The number of hydrogen-bond acceptors (Lipinski definition) is 4. The summed E-state index contributed by atoms with van der Waals surface area (Å²) in [4.78, 5) is 21.0. The van der Waals surface area contributed by atoms with Crippen LogP contribution in [0.15, 0.2) is 12.4 Å². The van der Waals surface area contributed by atoms with E-state index in [1.807, 2.05) is 27.7 Å². The lowest BCUT2D eigenvalue weighted by Gasteiger charge is -2.38. The molecular weight excluding hydrogens is 232 g/mol. The number of nitrogens with zero attached hydrogens (tertiary/aromatic N) is 3. The fourth-order valence-corrected chi connectivity index (χ4v) is 1.93. The second-order valence-electron chi connectivity index (χ2n) is 5.11. The van der Waals surface area contributed by atoms with Gasteiger partial charge in [-0.25, -0.2) is 9.78 Å². The van der Waals surface area contributed by atoms with E-state index in [4.69, 9.17) is 5.73 Å². The van der Waals surface area contributed by atoms with Crippen LogP contribution in [0.25, 0.3) is 0 Å². The van der Waals surface area contributed by atoms with Crippen molar-refractivity contribution in [2.45, 2.75) is 45.7 Å². The average Bonchev–Trinajstić information content (AvgIpc) is 2.24. The Balaban J connectivity index is 3.14. The van der Waals surface area contributed by atoms with E-state index in [0.29, 0.717) is 17.9 Å². The predicted molar refractivity (Wildman–Crippen MR) is 69.1 cm³/mol. The van der Waals surface area contributed by atoms with Gasteiger partial charge in [-0.05, 0) is 27.2 Å². The standard InChI is InChI=1S/C12H20N4O2/c1-5-9(8-6-15-10(13)7-14-8)16(11(17)18)12(2,3)4/h6-7,9H,5H2,1-4H3,(H2,13,15)(H,17,18)/t9-/m1/s1. The third kappa shape index (κ3) is 3.09. The van der Waals surface area contributed by atoms with Gasteiger partial charge >= 0.3 is 6.09 Å². The first-order chi connectivity index (χ1) is 8.27. The van der Waals surface area contributed by atoms with Gasteiger partial charge in [-0.1, -0.05) is 6.92 Å². The van der Waals surface area contributed by atoms with Crippen LogP contribution >= 0.6 is 0 Å². The molecule has 1 atom stereocenters. The first-order valence-corrected chi connectivity index (χ1v) is 5.87. The number of nitrogens with two attached hydrogens (primary N) is 1. The molecule has 0 unspecified atom stereocenters. The van der Waals surface area contributed by atoms with E-state index in [1.54, 1.807) is 0 Å². The molecule has 0 saturated heterocycles. The quantitative estimate of drug-likeness (QED) is 0.861. The van der Waals surface area contributed by atoms with Crippen LogP contribution in [0.1, 0.15) is 45.9 Å². The highest BCUT2D eigenvalue weighted by Crippen LogP contribution is 2.29. The van der Waals surface area contributed by atoms with Crippen molar-refractivity contribution < 1.29 is 9.90 Å². The van der Waals surface area contributed by atoms with Gasteiger partial charge in [0, 0.05) is 5.54 Å². The van der Waals surface area contributed by atoms with E-state index in [2.05, 4.69) is 9.97 Å². The molecule has 0 saturated carbocycles. The number of carbonyl (C=O) groups is 1. The molecule has 0 spiro atoms. The topological polar surface area (TPSA) is 92.3 Å². The highest BCUT2D eigenvalue weighted by molar-refractivity contribution is 5.66. The summed E-state index contributed by atoms with van der Waals surface area (Å²) >= 11 is 0. The summed E-state index contributed by atoms with van der Waals surface area (Å²) in [5.74, 6) is 0.325. The molecule has 0 aliphatic carbocycles. The Morgan fingerprint density at radius 3 is 2.39 bits per heavy atom. The molecule has 18 heavy (non-hydrogen) atoms. The monoisotopic (exact) mass is 252 g/mol. The zero-order valence-corrected chi connectivity index (χ0v) is 11.2. The summed E-state index contributed by atoms with van der Waals surface area (Å²) in [6, 6.07) is -0.324. The van der Waals surface area contributed by atoms with Crippen molar-refractivity contribution in [3.05, 3.63) is 18.1 Å². The largest absolute Gasteiger partial charge is 0.465 e. The zero-order chi connectivity index (χ0) is 13.9. The molecule has 1 aromatic heterocycles. The van der Waals surface area contributed by atoms with Gasteiger partial charge in [0.05, 0.1) is 24.1 Å². The van der Waals surface area contributed by atoms with Gasteiger partial charge in [0.15, 0.2) is 0 Å². The molecule has 1 aromatic rings. The van der Waals surface area contributed by atoms with E-state index in [0.717, 1.165) is 0 Å². The van der Waals surface area contributed by atoms with Crippen molar-refractivity contribution in [2.24, 2.45) is 0 Å². The van der Waals surface area contributed by atoms with E-state index < -0.39 is 11.6 Å². The minimum absolute atomic E-state index is 0.324. The molecule has 3 N–H and O–H groups in total. The Hall–Kier alpha value is -1.85. The summed E-state index contributed by atoms with van der Waals surface area (Å²) in [6.45, 7) is 7.49. The maximum Gasteiger partial charge on any atom is 0.408 e. The Morgan fingerprint density at radius 1 is 1.44 bits per heavy atom. The summed E-state index contributed by atoms with van der Waals surface area (Å²) in [5, 5.41) is 9.38. The van der Waals surface area contributed by atoms with Crippen LogP contribution < -0.4 is 5.73 Å². The molecule has 1 heterocycles. The Bertz CT molecular complexity index is 411. The highest BCUT2D eigenvalue weighted by Gasteiger charge is 2.33. The fraction of sp³-hybridized carbons (Fsp3) is 0.583. The van der Waals surface area contributed by atoms with Crippen molar-refractivity contribution >= 4 is 11.9 Å². The predicted octanol–water partition coefficient (Wildman–Crippen LogP) is 2.29. The maximum absolute atomic E-state index is 11.4.